The second-order valence-corrected chi connectivity index (χ2v) is 5.63. The number of fused-ring (bicyclic) bond motifs is 1. The van der Waals surface area contributed by atoms with Gasteiger partial charge in [-0.05, 0) is 30.0 Å². The third-order valence-corrected chi connectivity index (χ3v) is 4.60. The Kier molecular flexibility index (Phi) is 5.78. The molecule has 1 aliphatic heterocycles. The third kappa shape index (κ3) is 3.22. The van der Waals surface area contributed by atoms with Gasteiger partial charge in [0.25, 0.3) is 0 Å². The third-order valence-electron chi connectivity index (χ3n) is 4.60. The molecule has 4 heteroatoms. The molecule has 3 rings (SSSR count). The van der Waals surface area contributed by atoms with Gasteiger partial charge in [0.1, 0.15) is 5.82 Å². The SMILES string of the molecule is O[C@@]1(c2ccc(F)cc2)CCCCC2C[N-]CC21.[Rb+]. The number of nitrogens with zero attached hydrogens (tertiary/aromatic N) is 1. The summed E-state index contributed by atoms with van der Waals surface area (Å²) in [6, 6.07) is 6.35. The van der Waals surface area contributed by atoms with Gasteiger partial charge in [0, 0.05) is 0 Å². The van der Waals surface area contributed by atoms with Crippen molar-refractivity contribution in [2.24, 2.45) is 11.8 Å². The van der Waals surface area contributed by atoms with Crippen LogP contribution in [0.4, 0.5) is 4.39 Å². The zero-order valence-corrected chi connectivity index (χ0v) is 16.4. The summed E-state index contributed by atoms with van der Waals surface area (Å²) >= 11 is 0. The van der Waals surface area contributed by atoms with E-state index >= 15 is 0 Å². The van der Waals surface area contributed by atoms with Crippen LogP contribution in [0, 0.1) is 17.7 Å². The summed E-state index contributed by atoms with van der Waals surface area (Å²) in [6.45, 7) is 1.63. The Morgan fingerprint density at radius 2 is 1.89 bits per heavy atom. The van der Waals surface area contributed by atoms with Crippen LogP contribution in [-0.2, 0) is 5.60 Å². The smallest absolute Gasteiger partial charge is 0.662 e. The van der Waals surface area contributed by atoms with Gasteiger partial charge in [0.2, 0.25) is 0 Å². The fourth-order valence-corrected chi connectivity index (χ4v) is 3.57. The molecule has 1 aliphatic carbocycles. The van der Waals surface area contributed by atoms with E-state index in [1.807, 2.05) is 0 Å². The van der Waals surface area contributed by atoms with Crippen LogP contribution in [-0.4, -0.2) is 18.2 Å². The maximum Gasteiger partial charge on any atom is 1.00 e. The van der Waals surface area contributed by atoms with E-state index in [1.165, 1.54) is 18.6 Å². The maximum absolute atomic E-state index is 13.0. The molecule has 3 atom stereocenters. The summed E-state index contributed by atoms with van der Waals surface area (Å²) in [5.41, 5.74) is 0.0485. The first kappa shape index (κ1) is 16.2. The normalized spacial score (nSPS) is 34.2. The molecule has 2 fully saturated rings. The molecule has 2 unspecified atom stereocenters. The van der Waals surface area contributed by atoms with Crippen LogP contribution >= 0.6 is 0 Å². The second-order valence-electron chi connectivity index (χ2n) is 5.63. The van der Waals surface area contributed by atoms with Crippen molar-refractivity contribution in [3.8, 4) is 0 Å². The predicted molar refractivity (Wildman–Crippen MR) is 68.8 cm³/mol. The Labute approximate surface area is 163 Å². The molecule has 1 saturated carbocycles. The predicted octanol–water partition coefficient (Wildman–Crippen LogP) is 0.211. The van der Waals surface area contributed by atoms with E-state index in [9.17, 15) is 9.50 Å². The molecule has 1 heterocycles. The van der Waals surface area contributed by atoms with Crippen LogP contribution in [0.2, 0.25) is 0 Å². The molecule has 0 aromatic heterocycles. The topological polar surface area (TPSA) is 34.3 Å². The molecule has 0 bridgehead atoms. The molecule has 2 aliphatic rings. The number of benzene rings is 1. The van der Waals surface area contributed by atoms with Crippen molar-refractivity contribution in [1.29, 1.82) is 0 Å². The summed E-state index contributed by atoms with van der Waals surface area (Å²) in [6.07, 6.45) is 4.15. The van der Waals surface area contributed by atoms with Gasteiger partial charge in [-0.3, -0.25) is 0 Å². The standard InChI is InChI=1S/C15H19FNO.Rb/c16-13-6-4-12(5-7-13)15(18)8-2-1-3-11-9-17-10-14(11)15;/h4-7,11,14,18H,1-3,8-10H2;/q-1;+1/t11?,14?,15-;/m1./s1. The van der Waals surface area contributed by atoms with Gasteiger partial charge in [0.05, 0.1) is 5.60 Å². The molecule has 0 radical (unpaired) electrons. The Morgan fingerprint density at radius 3 is 2.63 bits per heavy atom. The van der Waals surface area contributed by atoms with E-state index in [2.05, 4.69) is 5.32 Å². The zero-order valence-electron chi connectivity index (χ0n) is 11.5. The summed E-state index contributed by atoms with van der Waals surface area (Å²) in [7, 11) is 0. The number of rotatable bonds is 1. The fourth-order valence-electron chi connectivity index (χ4n) is 3.57. The number of hydrogen-bond acceptors (Lipinski definition) is 1. The van der Waals surface area contributed by atoms with Gasteiger partial charge in [0.15, 0.2) is 0 Å². The summed E-state index contributed by atoms with van der Waals surface area (Å²) < 4.78 is 13.0. The molecule has 19 heavy (non-hydrogen) atoms. The van der Waals surface area contributed by atoms with Crippen LogP contribution in [0.25, 0.3) is 5.32 Å². The van der Waals surface area contributed by atoms with Crippen LogP contribution in [0.3, 0.4) is 0 Å². The largest absolute Gasteiger partial charge is 1.00 e. The van der Waals surface area contributed by atoms with E-state index in [0.717, 1.165) is 37.9 Å². The van der Waals surface area contributed by atoms with Crippen LogP contribution in [0.5, 0.6) is 0 Å². The average molecular weight is 334 g/mol. The summed E-state index contributed by atoms with van der Waals surface area (Å²) in [5.74, 6) is 0.469. The quantitative estimate of drug-likeness (QED) is 0.783. The van der Waals surface area contributed by atoms with Gasteiger partial charge in [-0.25, -0.2) is 4.39 Å². The Balaban J connectivity index is 0.00000133. The van der Waals surface area contributed by atoms with Crippen LogP contribution in [0.15, 0.2) is 24.3 Å². The van der Waals surface area contributed by atoms with E-state index in [0.29, 0.717) is 5.92 Å². The first-order valence-electron chi connectivity index (χ1n) is 6.82. The number of aliphatic hydroxyl groups is 1. The molecule has 1 aromatic rings. The van der Waals surface area contributed by atoms with Crippen LogP contribution in [0.1, 0.15) is 31.2 Å². The Bertz CT molecular complexity index is 425. The van der Waals surface area contributed by atoms with Crippen molar-refractivity contribution in [2.45, 2.75) is 31.3 Å². The van der Waals surface area contributed by atoms with Crippen molar-refractivity contribution >= 4 is 0 Å². The minimum absolute atomic E-state index is 0. The van der Waals surface area contributed by atoms with E-state index in [-0.39, 0.29) is 69.9 Å². The minimum Gasteiger partial charge on any atom is -0.662 e. The van der Waals surface area contributed by atoms with Gasteiger partial charge in [-0.2, -0.15) is 0 Å². The number of halogens is 1. The zero-order chi connectivity index (χ0) is 12.6. The molecule has 2 nitrogen and oxygen atoms in total. The molecular weight excluding hydrogens is 315 g/mol. The van der Waals surface area contributed by atoms with Gasteiger partial charge in [-0.1, -0.05) is 37.3 Å². The van der Waals surface area contributed by atoms with Crippen molar-refractivity contribution in [3.63, 3.8) is 0 Å². The molecule has 0 spiro atoms. The van der Waals surface area contributed by atoms with E-state index in [4.69, 9.17) is 0 Å². The van der Waals surface area contributed by atoms with Crippen molar-refractivity contribution in [2.75, 3.05) is 13.1 Å². The Morgan fingerprint density at radius 1 is 1.16 bits per heavy atom. The van der Waals surface area contributed by atoms with Crippen molar-refractivity contribution < 1.29 is 67.7 Å². The van der Waals surface area contributed by atoms with Crippen LogP contribution < -0.4 is 58.2 Å². The van der Waals surface area contributed by atoms with Gasteiger partial charge >= 0.3 is 58.2 Å². The molecule has 0 amide bonds. The van der Waals surface area contributed by atoms with E-state index < -0.39 is 5.60 Å². The maximum atomic E-state index is 13.0. The summed E-state index contributed by atoms with van der Waals surface area (Å²) in [4.78, 5) is 0. The second kappa shape index (κ2) is 6.76. The molecule has 1 saturated heterocycles. The average Bonchev–Trinajstić information content (AvgIpc) is 2.78. The first-order chi connectivity index (χ1) is 8.70. The molecule has 98 valence electrons. The molecule has 1 N–H and O–H groups in total. The fraction of sp³-hybridized carbons (Fsp3) is 0.600. The number of hydrogen-bond donors (Lipinski definition) is 1. The van der Waals surface area contributed by atoms with Gasteiger partial charge < -0.3 is 10.4 Å². The summed E-state index contributed by atoms with van der Waals surface area (Å²) in [5, 5.41) is 15.6. The van der Waals surface area contributed by atoms with Crippen molar-refractivity contribution in [3.05, 3.63) is 41.0 Å². The van der Waals surface area contributed by atoms with Crippen molar-refractivity contribution in [1.82, 2.24) is 0 Å². The molecule has 1 aromatic carbocycles. The first-order valence-corrected chi connectivity index (χ1v) is 6.82. The minimum atomic E-state index is -0.811. The molecular formula is C15H19FNORb. The monoisotopic (exact) mass is 333 g/mol. The Hall–Kier alpha value is 0.875. The van der Waals surface area contributed by atoms with E-state index in [1.54, 1.807) is 12.1 Å². The van der Waals surface area contributed by atoms with Gasteiger partial charge in [-0.15, -0.1) is 13.1 Å².